The summed E-state index contributed by atoms with van der Waals surface area (Å²) in [6.07, 6.45) is 1.37. The molecular formula is C19H16IN3O4. The Labute approximate surface area is 168 Å². The Bertz CT molecular complexity index is 1050. The minimum absolute atomic E-state index is 0.0313. The predicted molar refractivity (Wildman–Crippen MR) is 109 cm³/mol. The van der Waals surface area contributed by atoms with E-state index < -0.39 is 11.9 Å². The topological polar surface area (TPSA) is 90.3 Å². The van der Waals surface area contributed by atoms with E-state index in [1.165, 1.54) is 10.9 Å². The Morgan fingerprint density at radius 3 is 2.78 bits per heavy atom. The number of amides is 1. The van der Waals surface area contributed by atoms with Crippen LogP contribution in [0.2, 0.25) is 0 Å². The lowest BCUT2D eigenvalue weighted by Crippen LogP contribution is -2.24. The zero-order valence-electron chi connectivity index (χ0n) is 14.2. The number of fused-ring (bicyclic) bond motifs is 1. The summed E-state index contributed by atoms with van der Waals surface area (Å²) in [5.74, 6) is -0.984. The van der Waals surface area contributed by atoms with Crippen molar-refractivity contribution < 1.29 is 14.3 Å². The third-order valence-electron chi connectivity index (χ3n) is 3.76. The Morgan fingerprint density at radius 1 is 1.15 bits per heavy atom. The number of aromatic nitrogens is 2. The van der Waals surface area contributed by atoms with Crippen LogP contribution in [-0.4, -0.2) is 28.0 Å². The highest BCUT2D eigenvalue weighted by Crippen LogP contribution is 2.12. The maximum Gasteiger partial charge on any atom is 0.308 e. The van der Waals surface area contributed by atoms with E-state index in [9.17, 15) is 14.4 Å². The van der Waals surface area contributed by atoms with Gasteiger partial charge in [0.25, 0.3) is 11.5 Å². The molecule has 1 aromatic heterocycles. The summed E-state index contributed by atoms with van der Waals surface area (Å²) in [7, 11) is 0. The first-order valence-electron chi connectivity index (χ1n) is 8.18. The number of hydrogen-bond acceptors (Lipinski definition) is 5. The first kappa shape index (κ1) is 19.0. The summed E-state index contributed by atoms with van der Waals surface area (Å²) in [6, 6.07) is 14.3. The van der Waals surface area contributed by atoms with E-state index in [0.29, 0.717) is 16.6 Å². The molecule has 0 radical (unpaired) electrons. The Kier molecular flexibility index (Phi) is 6.17. The van der Waals surface area contributed by atoms with Crippen molar-refractivity contribution in [3.05, 3.63) is 68.8 Å². The number of halogens is 1. The quantitative estimate of drug-likeness (QED) is 0.436. The normalized spacial score (nSPS) is 10.6. The van der Waals surface area contributed by atoms with E-state index in [2.05, 4.69) is 32.9 Å². The second-order valence-corrected chi connectivity index (χ2v) is 6.98. The number of esters is 1. The zero-order chi connectivity index (χ0) is 19.2. The minimum Gasteiger partial charge on any atom is -0.456 e. The van der Waals surface area contributed by atoms with Gasteiger partial charge in [0.15, 0.2) is 6.61 Å². The van der Waals surface area contributed by atoms with Crippen molar-refractivity contribution in [2.24, 2.45) is 0 Å². The van der Waals surface area contributed by atoms with Crippen LogP contribution in [0.25, 0.3) is 10.9 Å². The molecule has 0 aliphatic heterocycles. The SMILES string of the molecule is O=C(COC(=O)CCn1cnc2ccccc2c1=O)Nc1cccc(I)c1. The van der Waals surface area contributed by atoms with Crippen molar-refractivity contribution in [3.8, 4) is 0 Å². The Hall–Kier alpha value is -2.75. The highest BCUT2D eigenvalue weighted by molar-refractivity contribution is 14.1. The molecule has 8 heteroatoms. The second kappa shape index (κ2) is 8.76. The van der Waals surface area contributed by atoms with Crippen LogP contribution in [-0.2, 0) is 20.9 Å². The van der Waals surface area contributed by atoms with Gasteiger partial charge in [0.1, 0.15) is 0 Å². The third-order valence-corrected chi connectivity index (χ3v) is 4.43. The number of carbonyl (C=O) groups is 2. The molecule has 138 valence electrons. The van der Waals surface area contributed by atoms with Gasteiger partial charge in [-0.1, -0.05) is 18.2 Å². The van der Waals surface area contributed by atoms with Crippen LogP contribution in [0.3, 0.4) is 0 Å². The van der Waals surface area contributed by atoms with Crippen LogP contribution in [0.15, 0.2) is 59.7 Å². The summed E-state index contributed by atoms with van der Waals surface area (Å²) in [4.78, 5) is 40.2. The van der Waals surface area contributed by atoms with Gasteiger partial charge in [0.05, 0.1) is 23.7 Å². The molecule has 0 aliphatic rings. The molecule has 0 aliphatic carbocycles. The lowest BCUT2D eigenvalue weighted by Gasteiger charge is -2.08. The summed E-state index contributed by atoms with van der Waals surface area (Å²) in [5.41, 5.74) is 1.02. The summed E-state index contributed by atoms with van der Waals surface area (Å²) in [5, 5.41) is 3.15. The first-order chi connectivity index (χ1) is 13.0. The molecule has 0 unspecified atom stereocenters. The van der Waals surface area contributed by atoms with Gasteiger partial charge < -0.3 is 10.1 Å². The van der Waals surface area contributed by atoms with Gasteiger partial charge in [0.2, 0.25) is 0 Å². The molecule has 0 fully saturated rings. The average Bonchev–Trinajstić information content (AvgIpc) is 2.66. The number of hydrogen-bond donors (Lipinski definition) is 1. The standard InChI is InChI=1S/C19H16IN3O4/c20-13-4-3-5-14(10-13)22-17(24)11-27-18(25)8-9-23-12-21-16-7-2-1-6-15(16)19(23)26/h1-7,10,12H,8-9,11H2,(H,22,24). The van der Waals surface area contributed by atoms with Crippen molar-refractivity contribution in [1.82, 2.24) is 9.55 Å². The van der Waals surface area contributed by atoms with E-state index in [4.69, 9.17) is 4.74 Å². The minimum atomic E-state index is -0.562. The van der Waals surface area contributed by atoms with Gasteiger partial charge in [-0.05, 0) is 52.9 Å². The molecule has 0 saturated heterocycles. The molecule has 1 amide bonds. The van der Waals surface area contributed by atoms with Crippen LogP contribution in [0, 0.1) is 3.57 Å². The van der Waals surface area contributed by atoms with Crippen LogP contribution in [0.5, 0.6) is 0 Å². The predicted octanol–water partition coefficient (Wildman–Crippen LogP) is 2.57. The van der Waals surface area contributed by atoms with E-state index in [1.54, 1.807) is 36.4 Å². The number of anilines is 1. The van der Waals surface area contributed by atoms with Gasteiger partial charge in [-0.15, -0.1) is 0 Å². The molecule has 0 spiro atoms. The van der Waals surface area contributed by atoms with Crippen molar-refractivity contribution in [3.63, 3.8) is 0 Å². The molecular weight excluding hydrogens is 461 g/mol. The molecule has 0 saturated carbocycles. The summed E-state index contributed by atoms with van der Waals surface area (Å²) < 4.78 is 7.31. The highest BCUT2D eigenvalue weighted by Gasteiger charge is 2.10. The molecule has 1 heterocycles. The molecule has 1 N–H and O–H groups in total. The Balaban J connectivity index is 1.50. The van der Waals surface area contributed by atoms with Gasteiger partial charge in [-0.2, -0.15) is 0 Å². The monoisotopic (exact) mass is 477 g/mol. The van der Waals surface area contributed by atoms with Gasteiger partial charge in [0, 0.05) is 15.8 Å². The van der Waals surface area contributed by atoms with E-state index in [1.807, 2.05) is 12.1 Å². The largest absolute Gasteiger partial charge is 0.456 e. The number of ether oxygens (including phenoxy) is 1. The summed E-state index contributed by atoms with van der Waals surface area (Å²) in [6.45, 7) is -0.247. The van der Waals surface area contributed by atoms with E-state index >= 15 is 0 Å². The highest BCUT2D eigenvalue weighted by atomic mass is 127. The van der Waals surface area contributed by atoms with E-state index in [-0.39, 0.29) is 25.1 Å². The van der Waals surface area contributed by atoms with Crippen LogP contribution >= 0.6 is 22.6 Å². The van der Waals surface area contributed by atoms with Gasteiger partial charge in [-0.25, -0.2) is 4.98 Å². The van der Waals surface area contributed by atoms with Crippen LogP contribution < -0.4 is 10.9 Å². The fraction of sp³-hybridized carbons (Fsp3) is 0.158. The number of nitrogens with zero attached hydrogens (tertiary/aromatic N) is 2. The van der Waals surface area contributed by atoms with E-state index in [0.717, 1.165) is 3.57 Å². The smallest absolute Gasteiger partial charge is 0.308 e. The second-order valence-electron chi connectivity index (χ2n) is 5.73. The summed E-state index contributed by atoms with van der Waals surface area (Å²) >= 11 is 2.14. The van der Waals surface area contributed by atoms with Crippen molar-refractivity contribution in [1.29, 1.82) is 0 Å². The maximum absolute atomic E-state index is 12.3. The lowest BCUT2D eigenvalue weighted by molar-refractivity contribution is -0.147. The van der Waals surface area contributed by atoms with Crippen molar-refractivity contribution >= 4 is 51.1 Å². The molecule has 27 heavy (non-hydrogen) atoms. The fourth-order valence-corrected chi connectivity index (χ4v) is 3.00. The number of benzene rings is 2. The molecule has 0 atom stereocenters. The number of aryl methyl sites for hydroxylation is 1. The number of rotatable bonds is 6. The van der Waals surface area contributed by atoms with Gasteiger partial charge >= 0.3 is 5.97 Å². The Morgan fingerprint density at radius 2 is 1.96 bits per heavy atom. The fourth-order valence-electron chi connectivity index (χ4n) is 2.46. The third kappa shape index (κ3) is 5.13. The van der Waals surface area contributed by atoms with Crippen LogP contribution in [0.4, 0.5) is 5.69 Å². The van der Waals surface area contributed by atoms with Crippen molar-refractivity contribution in [2.75, 3.05) is 11.9 Å². The number of carbonyl (C=O) groups excluding carboxylic acids is 2. The lowest BCUT2D eigenvalue weighted by atomic mass is 10.2. The van der Waals surface area contributed by atoms with Crippen LogP contribution in [0.1, 0.15) is 6.42 Å². The molecule has 0 bridgehead atoms. The maximum atomic E-state index is 12.3. The van der Waals surface area contributed by atoms with Crippen molar-refractivity contribution in [2.45, 2.75) is 13.0 Å². The van der Waals surface area contributed by atoms with Gasteiger partial charge in [-0.3, -0.25) is 19.0 Å². The average molecular weight is 477 g/mol. The molecule has 3 rings (SSSR count). The molecule has 7 nitrogen and oxygen atoms in total. The first-order valence-corrected chi connectivity index (χ1v) is 9.26. The molecule has 2 aromatic carbocycles. The molecule has 3 aromatic rings. The zero-order valence-corrected chi connectivity index (χ0v) is 16.4. The number of para-hydroxylation sites is 1. The number of nitrogens with one attached hydrogen (secondary N) is 1.